The van der Waals surface area contributed by atoms with E-state index in [9.17, 15) is 8.42 Å². The molecule has 21 heavy (non-hydrogen) atoms. The van der Waals surface area contributed by atoms with Gasteiger partial charge in [0.05, 0.1) is 10.0 Å². The molecule has 6 heteroatoms. The lowest BCUT2D eigenvalue weighted by Gasteiger charge is -2.28. The summed E-state index contributed by atoms with van der Waals surface area (Å²) in [7, 11) is -3.70. The molecule has 3 rings (SSSR count). The van der Waals surface area contributed by atoms with Gasteiger partial charge in [0.2, 0.25) is 10.0 Å². The van der Waals surface area contributed by atoms with E-state index in [1.165, 1.54) is 22.0 Å². The summed E-state index contributed by atoms with van der Waals surface area (Å²) >= 11 is 12.1. The Kier molecular flexibility index (Phi) is 3.97. The second-order valence-corrected chi connectivity index (χ2v) is 7.60. The Morgan fingerprint density at radius 1 is 0.905 bits per heavy atom. The monoisotopic (exact) mass is 341 g/mol. The van der Waals surface area contributed by atoms with Crippen molar-refractivity contribution in [1.29, 1.82) is 0 Å². The minimum atomic E-state index is -3.70. The third-order valence-corrected chi connectivity index (χ3v) is 6.41. The molecule has 0 spiro atoms. The third-order valence-electron chi connectivity index (χ3n) is 3.61. The Balaban J connectivity index is 2.01. The molecule has 1 heterocycles. The van der Waals surface area contributed by atoms with Crippen LogP contribution in [0, 0.1) is 0 Å². The van der Waals surface area contributed by atoms with E-state index in [4.69, 9.17) is 23.2 Å². The molecule has 0 fully saturated rings. The van der Waals surface area contributed by atoms with Crippen molar-refractivity contribution in [3.8, 4) is 0 Å². The van der Waals surface area contributed by atoms with Crippen molar-refractivity contribution in [3.63, 3.8) is 0 Å². The molecular formula is C15H13Cl2NO2S. The Hall–Kier alpha value is -1.07. The van der Waals surface area contributed by atoms with Gasteiger partial charge < -0.3 is 0 Å². The summed E-state index contributed by atoms with van der Waals surface area (Å²) in [5.41, 5.74) is 2.21. The molecule has 0 aromatic heterocycles. The minimum Gasteiger partial charge on any atom is -0.207 e. The normalized spacial score (nSPS) is 15.7. The highest BCUT2D eigenvalue weighted by Gasteiger charge is 2.31. The average molecular weight is 342 g/mol. The highest BCUT2D eigenvalue weighted by molar-refractivity contribution is 7.89. The van der Waals surface area contributed by atoms with Gasteiger partial charge in [-0.3, -0.25) is 0 Å². The van der Waals surface area contributed by atoms with Crippen LogP contribution < -0.4 is 0 Å². The first kappa shape index (κ1) is 14.9. The maximum absolute atomic E-state index is 12.8. The number of sulfonamides is 1. The number of hydrogen-bond acceptors (Lipinski definition) is 2. The average Bonchev–Trinajstić information content (AvgIpc) is 2.46. The van der Waals surface area contributed by atoms with Gasteiger partial charge in [0.25, 0.3) is 0 Å². The van der Waals surface area contributed by atoms with E-state index < -0.39 is 10.0 Å². The van der Waals surface area contributed by atoms with Gasteiger partial charge in [-0.25, -0.2) is 8.42 Å². The van der Waals surface area contributed by atoms with Crippen LogP contribution in [0.2, 0.25) is 10.0 Å². The smallest absolute Gasteiger partial charge is 0.207 e. The predicted octanol–water partition coefficient (Wildman–Crippen LogP) is 3.74. The fourth-order valence-corrected chi connectivity index (χ4v) is 5.04. The highest BCUT2D eigenvalue weighted by atomic mass is 35.5. The van der Waals surface area contributed by atoms with Crippen molar-refractivity contribution in [2.45, 2.75) is 17.9 Å². The molecule has 0 radical (unpaired) electrons. The van der Waals surface area contributed by atoms with Gasteiger partial charge in [-0.05, 0) is 29.7 Å². The van der Waals surface area contributed by atoms with Crippen LogP contribution >= 0.6 is 23.2 Å². The van der Waals surface area contributed by atoms with Crippen molar-refractivity contribution in [2.24, 2.45) is 0 Å². The Labute approximate surface area is 134 Å². The molecule has 0 saturated heterocycles. The number of benzene rings is 2. The van der Waals surface area contributed by atoms with Crippen molar-refractivity contribution in [3.05, 3.63) is 63.6 Å². The molecule has 1 aliphatic heterocycles. The van der Waals surface area contributed by atoms with Crippen LogP contribution in [0.25, 0.3) is 0 Å². The van der Waals surface area contributed by atoms with Crippen molar-refractivity contribution >= 4 is 33.2 Å². The quantitative estimate of drug-likeness (QED) is 0.834. The van der Waals surface area contributed by atoms with Crippen molar-refractivity contribution in [1.82, 2.24) is 4.31 Å². The van der Waals surface area contributed by atoms with Gasteiger partial charge in [-0.1, -0.05) is 53.5 Å². The van der Waals surface area contributed by atoms with Crippen molar-refractivity contribution < 1.29 is 8.42 Å². The van der Waals surface area contributed by atoms with E-state index >= 15 is 0 Å². The number of fused-ring (bicyclic) bond motifs is 1. The summed E-state index contributed by atoms with van der Waals surface area (Å²) in [6.07, 6.45) is 0.692. The highest BCUT2D eigenvalue weighted by Crippen LogP contribution is 2.33. The van der Waals surface area contributed by atoms with E-state index in [0.717, 1.165) is 5.56 Å². The number of hydrogen-bond donors (Lipinski definition) is 0. The summed E-state index contributed by atoms with van der Waals surface area (Å²) in [6.45, 7) is 0.779. The maximum atomic E-state index is 12.8. The maximum Gasteiger partial charge on any atom is 0.246 e. The molecule has 3 nitrogen and oxygen atoms in total. The van der Waals surface area contributed by atoms with Gasteiger partial charge >= 0.3 is 0 Å². The topological polar surface area (TPSA) is 37.4 Å². The van der Waals surface area contributed by atoms with Gasteiger partial charge in [-0.2, -0.15) is 4.31 Å². The Bertz CT molecular complexity index is 770. The lowest BCUT2D eigenvalue weighted by atomic mass is 10.0. The van der Waals surface area contributed by atoms with Gasteiger partial charge in [0.1, 0.15) is 4.90 Å². The summed E-state index contributed by atoms with van der Waals surface area (Å²) in [5, 5.41) is 0.308. The van der Waals surface area contributed by atoms with E-state index in [0.29, 0.717) is 19.5 Å². The zero-order valence-corrected chi connectivity index (χ0v) is 13.4. The lowest BCUT2D eigenvalue weighted by Crippen LogP contribution is -2.36. The van der Waals surface area contributed by atoms with Gasteiger partial charge in [0, 0.05) is 13.1 Å². The second-order valence-electron chi connectivity index (χ2n) is 4.91. The van der Waals surface area contributed by atoms with Crippen LogP contribution in [0.15, 0.2) is 47.4 Å². The SMILES string of the molecule is O=S(=O)(c1c(Cl)cccc1Cl)N1CCc2ccccc2C1. The standard InChI is InChI=1S/C15H13Cl2NO2S/c16-13-6-3-7-14(17)15(13)21(19,20)18-9-8-11-4-1-2-5-12(11)10-18/h1-7H,8-10H2. The van der Waals surface area contributed by atoms with E-state index in [2.05, 4.69) is 0 Å². The number of rotatable bonds is 2. The fourth-order valence-electron chi connectivity index (χ4n) is 2.53. The zero-order valence-electron chi connectivity index (χ0n) is 11.1. The first-order valence-corrected chi connectivity index (χ1v) is 8.70. The van der Waals surface area contributed by atoms with Crippen LogP contribution in [0.1, 0.15) is 11.1 Å². The molecular weight excluding hydrogens is 329 g/mol. The molecule has 0 bridgehead atoms. The Morgan fingerprint density at radius 2 is 1.52 bits per heavy atom. The minimum absolute atomic E-state index is 0.00675. The summed E-state index contributed by atoms with van der Waals surface area (Å²) < 4.78 is 27.0. The van der Waals surface area contributed by atoms with Crippen LogP contribution in [0.4, 0.5) is 0 Å². The summed E-state index contributed by atoms with van der Waals surface area (Å²) in [6, 6.07) is 12.6. The van der Waals surface area contributed by atoms with Gasteiger partial charge in [-0.15, -0.1) is 0 Å². The third kappa shape index (κ3) is 2.69. The molecule has 0 amide bonds. The van der Waals surface area contributed by atoms with Crippen LogP contribution in [0.5, 0.6) is 0 Å². The fraction of sp³-hybridized carbons (Fsp3) is 0.200. The second kappa shape index (κ2) is 5.61. The number of nitrogens with zero attached hydrogens (tertiary/aromatic N) is 1. The zero-order chi connectivity index (χ0) is 15.0. The molecule has 0 N–H and O–H groups in total. The lowest BCUT2D eigenvalue weighted by molar-refractivity contribution is 0.391. The molecule has 2 aromatic rings. The summed E-state index contributed by atoms with van der Waals surface area (Å²) in [4.78, 5) is -0.00675. The molecule has 0 unspecified atom stereocenters. The molecule has 1 aliphatic rings. The van der Waals surface area contributed by atoms with E-state index in [-0.39, 0.29) is 14.9 Å². The molecule has 2 aromatic carbocycles. The van der Waals surface area contributed by atoms with Crippen LogP contribution in [-0.4, -0.2) is 19.3 Å². The Morgan fingerprint density at radius 3 is 2.19 bits per heavy atom. The largest absolute Gasteiger partial charge is 0.246 e. The van der Waals surface area contributed by atoms with Crippen LogP contribution in [0.3, 0.4) is 0 Å². The van der Waals surface area contributed by atoms with E-state index in [1.54, 1.807) is 6.07 Å². The first-order valence-electron chi connectivity index (χ1n) is 6.51. The van der Waals surface area contributed by atoms with E-state index in [1.807, 2.05) is 24.3 Å². The predicted molar refractivity (Wildman–Crippen MR) is 84.2 cm³/mol. The molecule has 0 aliphatic carbocycles. The summed E-state index contributed by atoms with van der Waals surface area (Å²) in [5.74, 6) is 0. The molecule has 0 saturated carbocycles. The van der Waals surface area contributed by atoms with Crippen LogP contribution in [-0.2, 0) is 23.0 Å². The van der Waals surface area contributed by atoms with Gasteiger partial charge in [0.15, 0.2) is 0 Å². The molecule has 110 valence electrons. The molecule has 0 atom stereocenters. The van der Waals surface area contributed by atoms with Crippen molar-refractivity contribution in [2.75, 3.05) is 6.54 Å². The number of halogens is 2. The first-order chi connectivity index (χ1) is 10.00.